The van der Waals surface area contributed by atoms with Crippen LogP contribution in [0.1, 0.15) is 32.6 Å². The number of allylic oxidation sites excluding steroid dienone is 4. The molecule has 0 aromatic carbocycles. The van der Waals surface area contributed by atoms with E-state index >= 15 is 0 Å². The highest BCUT2D eigenvalue weighted by atomic mass is 16.7. The molecule has 28 heavy (non-hydrogen) atoms. The van der Waals surface area contributed by atoms with Crippen LogP contribution >= 0.6 is 0 Å². The van der Waals surface area contributed by atoms with Crippen LogP contribution in [-0.4, -0.2) is 81.3 Å². The van der Waals surface area contributed by atoms with E-state index in [-0.39, 0.29) is 12.5 Å². The molecule has 0 spiro atoms. The summed E-state index contributed by atoms with van der Waals surface area (Å²) in [5.74, 6) is 0.222. The monoisotopic (exact) mass is 402 g/mol. The number of nitrogens with two attached hydrogens (primary N) is 1. The number of nitrogens with one attached hydrogen (secondary N) is 1. The Labute approximate surface area is 165 Å². The zero-order valence-corrected chi connectivity index (χ0v) is 16.2. The Hall–Kier alpha value is -0.880. The van der Waals surface area contributed by atoms with Gasteiger partial charge >= 0.3 is 0 Å². The summed E-state index contributed by atoms with van der Waals surface area (Å²) in [6.07, 6.45) is 2.98. The van der Waals surface area contributed by atoms with Gasteiger partial charge in [-0.3, -0.25) is 5.32 Å². The van der Waals surface area contributed by atoms with E-state index in [4.69, 9.17) is 15.2 Å². The standard InChI is InChI=1S/C19H34N2O7/c1-2-6-14(22)21-15-17(24)16(23)13(28-19(15)26)10-27-18(25)12(20)9-11-7-4-3-5-8-11/h3-5,7,11-19,21-26H,2,6,8-10,20H2,1H3/t11?,12-,13+,14?,15+,16+,17+,18?,19?/m0/s1. The number of aliphatic hydroxyl groups excluding tert-OH is 5. The summed E-state index contributed by atoms with van der Waals surface area (Å²) in [4.78, 5) is 0. The first kappa shape index (κ1) is 23.4. The number of rotatable bonds is 10. The lowest BCUT2D eigenvalue weighted by atomic mass is 9.93. The summed E-state index contributed by atoms with van der Waals surface area (Å²) in [5.41, 5.74) is 5.99. The number of aliphatic hydroxyl groups is 5. The predicted octanol–water partition coefficient (Wildman–Crippen LogP) is -1.31. The van der Waals surface area contributed by atoms with E-state index in [0.29, 0.717) is 19.3 Å². The first-order valence-corrected chi connectivity index (χ1v) is 9.85. The highest BCUT2D eigenvalue weighted by Gasteiger charge is 2.44. The second-order valence-corrected chi connectivity index (χ2v) is 7.48. The third kappa shape index (κ3) is 6.58. The Morgan fingerprint density at radius 1 is 1.21 bits per heavy atom. The van der Waals surface area contributed by atoms with Crippen molar-refractivity contribution in [2.75, 3.05) is 6.61 Å². The first-order valence-electron chi connectivity index (χ1n) is 9.85. The number of ether oxygens (including phenoxy) is 2. The topological polar surface area (TPSA) is 158 Å². The van der Waals surface area contributed by atoms with Crippen LogP contribution in [0.2, 0.25) is 0 Å². The summed E-state index contributed by atoms with van der Waals surface area (Å²) in [6.45, 7) is 1.63. The molecular formula is C19H34N2O7. The highest BCUT2D eigenvalue weighted by molar-refractivity contribution is 5.11. The number of hydrogen-bond donors (Lipinski definition) is 7. The Bertz CT molecular complexity index is 519. The molecule has 1 fully saturated rings. The molecular weight excluding hydrogens is 368 g/mol. The summed E-state index contributed by atoms with van der Waals surface area (Å²) in [5, 5.41) is 53.2. The van der Waals surface area contributed by atoms with Gasteiger partial charge in [-0.05, 0) is 25.2 Å². The fourth-order valence-electron chi connectivity index (χ4n) is 3.43. The quantitative estimate of drug-likeness (QED) is 0.220. The summed E-state index contributed by atoms with van der Waals surface area (Å²) < 4.78 is 10.6. The van der Waals surface area contributed by atoms with Gasteiger partial charge < -0.3 is 40.7 Å². The summed E-state index contributed by atoms with van der Waals surface area (Å²) >= 11 is 0. The van der Waals surface area contributed by atoms with Crippen molar-refractivity contribution in [3.05, 3.63) is 24.3 Å². The van der Waals surface area contributed by atoms with Gasteiger partial charge in [0.2, 0.25) is 0 Å². The molecule has 0 bridgehead atoms. The van der Waals surface area contributed by atoms with Crippen molar-refractivity contribution in [2.24, 2.45) is 11.7 Å². The maximum Gasteiger partial charge on any atom is 0.173 e. The number of hydrogen-bond acceptors (Lipinski definition) is 9. The minimum atomic E-state index is -1.46. The molecule has 0 aromatic rings. The average Bonchev–Trinajstić information content (AvgIpc) is 2.67. The molecule has 9 atom stereocenters. The molecule has 9 heteroatoms. The lowest BCUT2D eigenvalue weighted by Crippen LogP contribution is -2.65. The molecule has 1 aliphatic carbocycles. The van der Waals surface area contributed by atoms with Gasteiger partial charge in [-0.25, -0.2) is 0 Å². The van der Waals surface area contributed by atoms with Crippen molar-refractivity contribution in [3.8, 4) is 0 Å². The Balaban J connectivity index is 1.80. The minimum Gasteiger partial charge on any atom is -0.388 e. The molecule has 2 aliphatic rings. The van der Waals surface area contributed by atoms with Crippen molar-refractivity contribution in [3.63, 3.8) is 0 Å². The summed E-state index contributed by atoms with van der Waals surface area (Å²) in [7, 11) is 0. The third-order valence-corrected chi connectivity index (χ3v) is 5.11. The molecule has 8 N–H and O–H groups in total. The zero-order chi connectivity index (χ0) is 20.7. The van der Waals surface area contributed by atoms with Crippen LogP contribution in [0.4, 0.5) is 0 Å². The maximum absolute atomic E-state index is 10.3. The fraction of sp³-hybridized carbons (Fsp3) is 0.789. The molecule has 1 heterocycles. The van der Waals surface area contributed by atoms with Gasteiger partial charge in [0, 0.05) is 0 Å². The molecule has 2 rings (SSSR count). The Kier molecular flexibility index (Phi) is 9.48. The normalized spacial score (nSPS) is 36.2. The molecule has 0 amide bonds. The molecule has 9 nitrogen and oxygen atoms in total. The van der Waals surface area contributed by atoms with Crippen molar-refractivity contribution >= 4 is 0 Å². The van der Waals surface area contributed by atoms with Gasteiger partial charge in [-0.2, -0.15) is 0 Å². The Morgan fingerprint density at radius 3 is 2.61 bits per heavy atom. The maximum atomic E-state index is 10.3. The van der Waals surface area contributed by atoms with Gasteiger partial charge in [0.15, 0.2) is 12.6 Å². The van der Waals surface area contributed by atoms with Gasteiger partial charge in [-0.15, -0.1) is 0 Å². The fourth-order valence-corrected chi connectivity index (χ4v) is 3.43. The Morgan fingerprint density at radius 2 is 1.96 bits per heavy atom. The van der Waals surface area contributed by atoms with E-state index < -0.39 is 49.2 Å². The van der Waals surface area contributed by atoms with Crippen LogP contribution in [0.5, 0.6) is 0 Å². The van der Waals surface area contributed by atoms with Crippen LogP contribution in [0.25, 0.3) is 0 Å². The average molecular weight is 402 g/mol. The van der Waals surface area contributed by atoms with E-state index in [2.05, 4.69) is 5.32 Å². The van der Waals surface area contributed by atoms with Crippen LogP contribution < -0.4 is 11.1 Å². The molecule has 0 aromatic heterocycles. The van der Waals surface area contributed by atoms with E-state index in [9.17, 15) is 25.5 Å². The van der Waals surface area contributed by atoms with Crippen molar-refractivity contribution in [1.29, 1.82) is 0 Å². The lowest BCUT2D eigenvalue weighted by molar-refractivity contribution is -0.270. The molecule has 1 aliphatic heterocycles. The smallest absolute Gasteiger partial charge is 0.173 e. The lowest BCUT2D eigenvalue weighted by Gasteiger charge is -2.42. The molecule has 0 radical (unpaired) electrons. The zero-order valence-electron chi connectivity index (χ0n) is 16.2. The van der Waals surface area contributed by atoms with Crippen LogP contribution in [0.3, 0.4) is 0 Å². The van der Waals surface area contributed by atoms with Crippen LogP contribution in [0, 0.1) is 5.92 Å². The third-order valence-electron chi connectivity index (χ3n) is 5.11. The molecule has 1 saturated heterocycles. The van der Waals surface area contributed by atoms with Gasteiger partial charge in [0.1, 0.15) is 24.5 Å². The summed E-state index contributed by atoms with van der Waals surface area (Å²) in [6, 6.07) is -1.68. The van der Waals surface area contributed by atoms with Crippen molar-refractivity contribution in [2.45, 2.75) is 81.8 Å². The second kappa shape index (κ2) is 11.3. The molecule has 4 unspecified atom stereocenters. The van der Waals surface area contributed by atoms with Crippen molar-refractivity contribution < 1.29 is 35.0 Å². The largest absolute Gasteiger partial charge is 0.388 e. The molecule has 0 saturated carbocycles. The highest BCUT2D eigenvalue weighted by Crippen LogP contribution is 2.22. The van der Waals surface area contributed by atoms with E-state index in [1.165, 1.54) is 0 Å². The first-order chi connectivity index (χ1) is 13.3. The minimum absolute atomic E-state index is 0.222. The van der Waals surface area contributed by atoms with E-state index in [1.54, 1.807) is 0 Å². The van der Waals surface area contributed by atoms with Gasteiger partial charge in [0.05, 0.1) is 18.7 Å². The van der Waals surface area contributed by atoms with Crippen molar-refractivity contribution in [1.82, 2.24) is 5.32 Å². The van der Waals surface area contributed by atoms with E-state index in [1.807, 2.05) is 31.2 Å². The SMILES string of the molecule is CCCC(O)N[C@H]1C(O)O[C@H](COC(O)[C@@H](N)CC2C=CC=CC2)[C@@H](O)[C@@H]1O. The molecule has 162 valence electrons. The van der Waals surface area contributed by atoms with Gasteiger partial charge in [-0.1, -0.05) is 37.6 Å². The van der Waals surface area contributed by atoms with Crippen LogP contribution in [0.15, 0.2) is 24.3 Å². The second-order valence-electron chi connectivity index (χ2n) is 7.48. The van der Waals surface area contributed by atoms with Crippen LogP contribution in [-0.2, 0) is 9.47 Å². The van der Waals surface area contributed by atoms with Gasteiger partial charge in [0.25, 0.3) is 0 Å². The predicted molar refractivity (Wildman–Crippen MR) is 102 cm³/mol. The van der Waals surface area contributed by atoms with E-state index in [0.717, 1.165) is 6.42 Å².